The van der Waals surface area contributed by atoms with Gasteiger partial charge in [0.2, 0.25) is 5.91 Å². The van der Waals surface area contributed by atoms with E-state index in [9.17, 15) is 4.79 Å². The first kappa shape index (κ1) is 16.8. The van der Waals surface area contributed by atoms with Crippen molar-refractivity contribution in [3.8, 4) is 0 Å². The number of hydrogen-bond acceptors (Lipinski definition) is 4. The largest absolute Gasteiger partial charge is 0.351 e. The van der Waals surface area contributed by atoms with Crippen molar-refractivity contribution in [1.29, 1.82) is 0 Å². The Bertz CT molecular complexity index is 863. The number of amides is 1. The van der Waals surface area contributed by atoms with Crippen LogP contribution in [0.4, 0.5) is 0 Å². The fourth-order valence-corrected chi connectivity index (χ4v) is 3.16. The average Bonchev–Trinajstić information content (AvgIpc) is 2.95. The molecule has 0 bridgehead atoms. The number of halogens is 1. The Hall–Kier alpha value is -2.05. The van der Waals surface area contributed by atoms with Gasteiger partial charge in [-0.05, 0) is 25.5 Å². The van der Waals surface area contributed by atoms with Crippen molar-refractivity contribution in [2.75, 3.05) is 0 Å². The van der Waals surface area contributed by atoms with Crippen LogP contribution in [0.5, 0.6) is 0 Å². The van der Waals surface area contributed by atoms with E-state index >= 15 is 0 Å². The Morgan fingerprint density at radius 1 is 1.38 bits per heavy atom. The van der Waals surface area contributed by atoms with Gasteiger partial charge in [0.05, 0.1) is 15.8 Å². The monoisotopic (exact) mass is 360 g/mol. The molecule has 1 unspecified atom stereocenters. The summed E-state index contributed by atoms with van der Waals surface area (Å²) in [6, 6.07) is 9.87. The van der Waals surface area contributed by atoms with Crippen LogP contribution < -0.4 is 5.32 Å². The number of aromatic amines is 1. The number of carbonyl (C=O) groups excluding carboxylic acids is 1. The van der Waals surface area contributed by atoms with Gasteiger partial charge in [-0.2, -0.15) is 0 Å². The summed E-state index contributed by atoms with van der Waals surface area (Å²) in [4.78, 5) is 23.9. The topological polar surface area (TPSA) is 70.7 Å². The van der Waals surface area contributed by atoms with E-state index in [-0.39, 0.29) is 11.2 Å². The average molecular weight is 361 g/mol. The first-order chi connectivity index (χ1) is 11.5. The van der Waals surface area contributed by atoms with Crippen molar-refractivity contribution < 1.29 is 4.79 Å². The molecule has 0 aliphatic carbocycles. The summed E-state index contributed by atoms with van der Waals surface area (Å²) < 4.78 is 0. The number of aryl methyl sites for hydroxylation is 1. The number of imidazole rings is 1. The van der Waals surface area contributed by atoms with Crippen molar-refractivity contribution in [2.24, 2.45) is 0 Å². The van der Waals surface area contributed by atoms with Crippen LogP contribution in [0.15, 0.2) is 41.7 Å². The summed E-state index contributed by atoms with van der Waals surface area (Å²) in [6.07, 6.45) is 1.55. The first-order valence-electron chi connectivity index (χ1n) is 7.52. The third-order valence-corrected chi connectivity index (χ3v) is 4.72. The van der Waals surface area contributed by atoms with Crippen LogP contribution in [0.25, 0.3) is 11.2 Å². The molecular formula is C17H17ClN4OS. The van der Waals surface area contributed by atoms with Gasteiger partial charge in [-0.3, -0.25) is 4.79 Å². The van der Waals surface area contributed by atoms with Gasteiger partial charge >= 0.3 is 0 Å². The Labute approximate surface area is 149 Å². The van der Waals surface area contributed by atoms with E-state index in [1.165, 1.54) is 17.3 Å². The molecule has 0 fully saturated rings. The summed E-state index contributed by atoms with van der Waals surface area (Å²) in [5.74, 6) is -0.0352. The molecular weight excluding hydrogens is 344 g/mol. The van der Waals surface area contributed by atoms with Crippen LogP contribution in [0.2, 0.25) is 5.02 Å². The minimum absolute atomic E-state index is 0.0352. The Morgan fingerprint density at radius 2 is 2.12 bits per heavy atom. The second kappa shape index (κ2) is 7.23. The van der Waals surface area contributed by atoms with Crippen LogP contribution in [-0.2, 0) is 11.3 Å². The number of aromatic nitrogens is 3. The standard InChI is InChI=1S/C17H17ClN4OS/c1-10-3-5-12(6-4-10)8-20-16(23)11(2)24-17-21-14-7-13(18)9-19-15(14)22-17/h3-7,9,11H,8H2,1-2H3,(H,20,23)(H,19,21,22). The highest BCUT2D eigenvalue weighted by Crippen LogP contribution is 2.24. The lowest BCUT2D eigenvalue weighted by molar-refractivity contribution is -0.120. The molecule has 0 saturated heterocycles. The predicted octanol–water partition coefficient (Wildman–Crippen LogP) is 3.72. The number of H-pyrrole nitrogens is 1. The van der Waals surface area contributed by atoms with Crippen LogP contribution in [0, 0.1) is 6.92 Å². The predicted molar refractivity (Wildman–Crippen MR) is 97.2 cm³/mol. The number of fused-ring (bicyclic) bond motifs is 1. The molecule has 7 heteroatoms. The van der Waals surface area contributed by atoms with Crippen LogP contribution in [0.3, 0.4) is 0 Å². The zero-order valence-corrected chi connectivity index (χ0v) is 14.9. The Morgan fingerprint density at radius 3 is 2.88 bits per heavy atom. The van der Waals surface area contributed by atoms with E-state index in [2.05, 4.69) is 20.3 Å². The van der Waals surface area contributed by atoms with E-state index < -0.39 is 0 Å². The number of rotatable bonds is 5. The lowest BCUT2D eigenvalue weighted by Crippen LogP contribution is -2.30. The minimum Gasteiger partial charge on any atom is -0.351 e. The number of nitrogens with zero attached hydrogens (tertiary/aromatic N) is 2. The quantitative estimate of drug-likeness (QED) is 0.680. The molecule has 1 atom stereocenters. The highest BCUT2D eigenvalue weighted by atomic mass is 35.5. The molecule has 2 N–H and O–H groups in total. The van der Waals surface area contributed by atoms with Gasteiger partial charge in [0, 0.05) is 12.7 Å². The highest BCUT2D eigenvalue weighted by Gasteiger charge is 2.16. The SMILES string of the molecule is Cc1ccc(CNC(=O)C(C)Sc2nc3ncc(Cl)cc3[nH]2)cc1. The normalized spacial score (nSPS) is 12.3. The summed E-state index contributed by atoms with van der Waals surface area (Å²) in [5.41, 5.74) is 3.63. The molecule has 3 rings (SSSR count). The number of nitrogens with one attached hydrogen (secondary N) is 2. The lowest BCUT2D eigenvalue weighted by Gasteiger charge is -2.10. The van der Waals surface area contributed by atoms with Crippen LogP contribution in [-0.4, -0.2) is 26.1 Å². The summed E-state index contributed by atoms with van der Waals surface area (Å²) in [6.45, 7) is 4.40. The van der Waals surface area contributed by atoms with Crippen molar-refractivity contribution in [3.05, 3.63) is 52.7 Å². The zero-order chi connectivity index (χ0) is 17.1. The maximum absolute atomic E-state index is 12.2. The molecule has 0 radical (unpaired) electrons. The molecule has 1 amide bonds. The molecule has 2 aromatic heterocycles. The molecule has 1 aromatic carbocycles. The molecule has 24 heavy (non-hydrogen) atoms. The smallest absolute Gasteiger partial charge is 0.233 e. The second-order valence-corrected chi connectivity index (χ2v) is 7.30. The van der Waals surface area contributed by atoms with Gasteiger partial charge in [-0.15, -0.1) is 0 Å². The number of benzene rings is 1. The maximum Gasteiger partial charge on any atom is 0.233 e. The van der Waals surface area contributed by atoms with E-state index in [0.29, 0.717) is 22.4 Å². The van der Waals surface area contributed by atoms with Crippen LogP contribution in [0.1, 0.15) is 18.1 Å². The van der Waals surface area contributed by atoms with Gasteiger partial charge in [-0.1, -0.05) is 53.2 Å². The molecule has 0 aliphatic heterocycles. The van der Waals surface area contributed by atoms with Crippen molar-refractivity contribution in [2.45, 2.75) is 30.8 Å². The van der Waals surface area contributed by atoms with Crippen molar-refractivity contribution in [3.63, 3.8) is 0 Å². The molecule has 124 valence electrons. The van der Waals surface area contributed by atoms with E-state index in [0.717, 1.165) is 11.1 Å². The zero-order valence-electron chi connectivity index (χ0n) is 13.3. The number of thioether (sulfide) groups is 1. The van der Waals surface area contributed by atoms with Crippen molar-refractivity contribution >= 4 is 40.4 Å². The summed E-state index contributed by atoms with van der Waals surface area (Å²) >= 11 is 7.27. The maximum atomic E-state index is 12.2. The molecule has 2 heterocycles. The fourth-order valence-electron chi connectivity index (χ4n) is 2.17. The van der Waals surface area contributed by atoms with Crippen molar-refractivity contribution in [1.82, 2.24) is 20.3 Å². The molecule has 0 saturated carbocycles. The van der Waals surface area contributed by atoms with E-state index in [1.54, 1.807) is 12.3 Å². The van der Waals surface area contributed by atoms with Gasteiger partial charge in [-0.25, -0.2) is 9.97 Å². The third-order valence-electron chi connectivity index (χ3n) is 3.53. The number of hydrogen-bond donors (Lipinski definition) is 2. The first-order valence-corrected chi connectivity index (χ1v) is 8.78. The highest BCUT2D eigenvalue weighted by molar-refractivity contribution is 8.00. The van der Waals surface area contributed by atoms with E-state index in [1.807, 2.05) is 38.1 Å². The van der Waals surface area contributed by atoms with Gasteiger partial charge in [0.25, 0.3) is 0 Å². The molecule has 0 spiro atoms. The van der Waals surface area contributed by atoms with Gasteiger partial charge in [0.15, 0.2) is 10.8 Å². The molecule has 0 aliphatic rings. The summed E-state index contributed by atoms with van der Waals surface area (Å²) in [7, 11) is 0. The molecule has 3 aromatic rings. The number of pyridine rings is 1. The van der Waals surface area contributed by atoms with Gasteiger partial charge in [0.1, 0.15) is 0 Å². The number of carbonyl (C=O) groups is 1. The Balaban J connectivity index is 1.59. The second-order valence-electron chi connectivity index (χ2n) is 5.53. The van der Waals surface area contributed by atoms with Crippen LogP contribution >= 0.6 is 23.4 Å². The van der Waals surface area contributed by atoms with E-state index in [4.69, 9.17) is 11.6 Å². The van der Waals surface area contributed by atoms with Gasteiger partial charge < -0.3 is 10.3 Å². The lowest BCUT2D eigenvalue weighted by atomic mass is 10.1. The third kappa shape index (κ3) is 4.07. The summed E-state index contributed by atoms with van der Waals surface area (Å²) in [5, 5.41) is 3.87. The Kier molecular flexibility index (Phi) is 5.06. The fraction of sp³-hybridized carbons (Fsp3) is 0.235. The molecule has 5 nitrogen and oxygen atoms in total. The minimum atomic E-state index is -0.272.